The van der Waals surface area contributed by atoms with E-state index in [2.05, 4.69) is 5.10 Å². The van der Waals surface area contributed by atoms with Crippen molar-refractivity contribution < 1.29 is 9.90 Å². The number of aliphatic hydroxyl groups excluding tert-OH is 1. The molecule has 2 rings (SSSR count). The van der Waals surface area contributed by atoms with E-state index in [0.29, 0.717) is 6.54 Å². The van der Waals surface area contributed by atoms with E-state index >= 15 is 0 Å². The Morgan fingerprint density at radius 1 is 1.64 bits per heavy atom. The number of hydrogen-bond acceptors (Lipinski definition) is 3. The second-order valence-electron chi connectivity index (χ2n) is 3.60. The molecule has 0 spiro atoms. The molecule has 0 bridgehead atoms. The lowest BCUT2D eigenvalue weighted by Gasteiger charge is -2.14. The smallest absolute Gasteiger partial charge is 0.229 e. The van der Waals surface area contributed by atoms with Gasteiger partial charge in [0.1, 0.15) is 0 Å². The highest BCUT2D eigenvalue weighted by molar-refractivity contribution is 5.96. The zero-order valence-electron chi connectivity index (χ0n) is 8.27. The maximum absolute atomic E-state index is 11.5. The lowest BCUT2D eigenvalue weighted by atomic mass is 10.3. The van der Waals surface area contributed by atoms with Crippen LogP contribution in [0.5, 0.6) is 0 Å². The molecule has 14 heavy (non-hydrogen) atoms. The molecule has 5 nitrogen and oxygen atoms in total. The molecular formula is C9H13N3O2. The zero-order chi connectivity index (χ0) is 10.3. The van der Waals surface area contributed by atoms with Crippen LogP contribution in [-0.2, 0) is 11.8 Å². The minimum atomic E-state index is -0.540. The molecule has 1 N–H and O–H groups in total. The molecule has 5 heteroatoms. The number of β-amino-alcohol motifs (C(OH)–C–C–N with tert-alkyl or cyclic N) is 1. The first kappa shape index (κ1) is 9.21. The van der Waals surface area contributed by atoms with Crippen LogP contribution in [0.1, 0.15) is 12.1 Å². The minimum Gasteiger partial charge on any atom is -0.391 e. The van der Waals surface area contributed by atoms with Gasteiger partial charge in [0.2, 0.25) is 5.91 Å². The number of carbonyl (C=O) groups is 1. The van der Waals surface area contributed by atoms with Gasteiger partial charge in [-0.2, -0.15) is 5.10 Å². The Morgan fingerprint density at radius 3 is 2.79 bits per heavy atom. The van der Waals surface area contributed by atoms with E-state index in [9.17, 15) is 9.90 Å². The van der Waals surface area contributed by atoms with Gasteiger partial charge in [-0.1, -0.05) is 0 Å². The molecule has 0 radical (unpaired) electrons. The molecule has 76 valence electrons. The summed E-state index contributed by atoms with van der Waals surface area (Å²) in [5, 5.41) is 13.4. The zero-order valence-corrected chi connectivity index (χ0v) is 8.27. The van der Waals surface area contributed by atoms with E-state index < -0.39 is 6.10 Å². The molecule has 1 amide bonds. The van der Waals surface area contributed by atoms with Crippen LogP contribution in [-0.4, -0.2) is 33.4 Å². The van der Waals surface area contributed by atoms with E-state index in [-0.39, 0.29) is 12.3 Å². The Balaban J connectivity index is 2.32. The van der Waals surface area contributed by atoms with Crippen LogP contribution in [0.15, 0.2) is 6.20 Å². The average Bonchev–Trinajstić information content (AvgIpc) is 2.59. The summed E-state index contributed by atoms with van der Waals surface area (Å²) in [6.07, 6.45) is 1.33. The second-order valence-corrected chi connectivity index (χ2v) is 3.60. The Bertz CT molecular complexity index is 372. The first-order valence-electron chi connectivity index (χ1n) is 4.56. The summed E-state index contributed by atoms with van der Waals surface area (Å²) >= 11 is 0. The van der Waals surface area contributed by atoms with Crippen LogP contribution < -0.4 is 4.90 Å². The molecule has 1 atom stereocenters. The highest BCUT2D eigenvalue weighted by Crippen LogP contribution is 2.24. The summed E-state index contributed by atoms with van der Waals surface area (Å²) in [6, 6.07) is 0. The molecule has 2 heterocycles. The molecule has 1 aromatic heterocycles. The van der Waals surface area contributed by atoms with Crippen LogP contribution in [0.25, 0.3) is 0 Å². The Labute approximate surface area is 81.9 Å². The minimum absolute atomic E-state index is 0.0337. The highest BCUT2D eigenvalue weighted by atomic mass is 16.3. The molecule has 1 aliphatic heterocycles. The van der Waals surface area contributed by atoms with Gasteiger partial charge in [-0.25, -0.2) is 0 Å². The summed E-state index contributed by atoms with van der Waals surface area (Å²) < 4.78 is 1.72. The third-order valence-electron chi connectivity index (χ3n) is 2.60. The molecule has 0 saturated carbocycles. The Morgan fingerprint density at radius 2 is 2.36 bits per heavy atom. The summed E-state index contributed by atoms with van der Waals surface area (Å²) in [6.45, 7) is 2.28. The number of nitrogens with zero attached hydrogens (tertiary/aromatic N) is 3. The van der Waals surface area contributed by atoms with Crippen LogP contribution in [0, 0.1) is 6.92 Å². The summed E-state index contributed by atoms with van der Waals surface area (Å²) in [7, 11) is 1.83. The van der Waals surface area contributed by atoms with Gasteiger partial charge in [0.15, 0.2) is 0 Å². The molecule has 1 saturated heterocycles. The van der Waals surface area contributed by atoms with Gasteiger partial charge >= 0.3 is 0 Å². The number of aliphatic hydroxyl groups is 1. The Kier molecular flexibility index (Phi) is 2.03. The van der Waals surface area contributed by atoms with Crippen molar-refractivity contribution in [3.63, 3.8) is 0 Å². The van der Waals surface area contributed by atoms with E-state index in [4.69, 9.17) is 0 Å². The number of aromatic nitrogens is 2. The first-order valence-corrected chi connectivity index (χ1v) is 4.56. The summed E-state index contributed by atoms with van der Waals surface area (Å²) in [5.74, 6) is -0.0337. The molecule has 0 aromatic carbocycles. The van der Waals surface area contributed by atoms with Gasteiger partial charge in [0, 0.05) is 7.05 Å². The van der Waals surface area contributed by atoms with Gasteiger partial charge in [0.05, 0.1) is 36.6 Å². The molecule has 1 unspecified atom stereocenters. The number of carbonyl (C=O) groups excluding carboxylic acids is 1. The molecular weight excluding hydrogens is 182 g/mol. The topological polar surface area (TPSA) is 58.4 Å². The lowest BCUT2D eigenvalue weighted by molar-refractivity contribution is -0.117. The SMILES string of the molecule is Cc1c(N2CC(O)CC2=O)cnn1C. The van der Waals surface area contributed by atoms with Crippen molar-refractivity contribution in [3.8, 4) is 0 Å². The number of anilines is 1. The van der Waals surface area contributed by atoms with Crippen molar-refractivity contribution in [1.82, 2.24) is 9.78 Å². The van der Waals surface area contributed by atoms with Gasteiger partial charge in [-0.15, -0.1) is 0 Å². The van der Waals surface area contributed by atoms with E-state index in [0.717, 1.165) is 11.4 Å². The fourth-order valence-electron chi connectivity index (χ4n) is 1.67. The molecule has 1 aliphatic rings. The molecule has 1 aromatic rings. The number of amides is 1. The third kappa shape index (κ3) is 1.29. The predicted octanol–water partition coefficient (Wildman–Crippen LogP) is -0.174. The quantitative estimate of drug-likeness (QED) is 0.676. The van der Waals surface area contributed by atoms with Crippen LogP contribution in [0.3, 0.4) is 0 Å². The van der Waals surface area contributed by atoms with Crippen molar-refractivity contribution in [2.75, 3.05) is 11.4 Å². The van der Waals surface area contributed by atoms with E-state index in [1.54, 1.807) is 15.8 Å². The maximum Gasteiger partial charge on any atom is 0.229 e. The van der Waals surface area contributed by atoms with E-state index in [1.165, 1.54) is 0 Å². The highest BCUT2D eigenvalue weighted by Gasteiger charge is 2.30. The fraction of sp³-hybridized carbons (Fsp3) is 0.556. The third-order valence-corrected chi connectivity index (χ3v) is 2.60. The number of hydrogen-bond donors (Lipinski definition) is 1. The molecule has 1 fully saturated rings. The van der Waals surface area contributed by atoms with Crippen LogP contribution in [0.4, 0.5) is 5.69 Å². The largest absolute Gasteiger partial charge is 0.391 e. The van der Waals surface area contributed by atoms with Crippen LogP contribution >= 0.6 is 0 Å². The van der Waals surface area contributed by atoms with Crippen molar-refractivity contribution >= 4 is 11.6 Å². The Hall–Kier alpha value is -1.36. The predicted molar refractivity (Wildman–Crippen MR) is 50.9 cm³/mol. The maximum atomic E-state index is 11.5. The normalized spacial score (nSPS) is 22.1. The first-order chi connectivity index (χ1) is 6.59. The standard InChI is InChI=1S/C9H13N3O2/c1-6-8(4-10-11(6)2)12-5-7(13)3-9(12)14/h4,7,13H,3,5H2,1-2H3. The fourth-order valence-corrected chi connectivity index (χ4v) is 1.67. The number of aryl methyl sites for hydroxylation is 1. The van der Waals surface area contributed by atoms with Gasteiger partial charge < -0.3 is 10.0 Å². The average molecular weight is 195 g/mol. The van der Waals surface area contributed by atoms with Gasteiger partial charge in [0.25, 0.3) is 0 Å². The summed E-state index contributed by atoms with van der Waals surface area (Å²) in [4.78, 5) is 13.1. The van der Waals surface area contributed by atoms with Gasteiger partial charge in [-0.3, -0.25) is 9.48 Å². The van der Waals surface area contributed by atoms with Gasteiger partial charge in [-0.05, 0) is 6.92 Å². The second kappa shape index (κ2) is 3.09. The van der Waals surface area contributed by atoms with Crippen molar-refractivity contribution in [1.29, 1.82) is 0 Å². The summed E-state index contributed by atoms with van der Waals surface area (Å²) in [5.41, 5.74) is 1.74. The lowest BCUT2D eigenvalue weighted by Crippen LogP contribution is -2.25. The van der Waals surface area contributed by atoms with E-state index in [1.807, 2.05) is 14.0 Å². The monoisotopic (exact) mass is 195 g/mol. The van der Waals surface area contributed by atoms with Crippen molar-refractivity contribution in [2.45, 2.75) is 19.4 Å². The molecule has 0 aliphatic carbocycles. The van der Waals surface area contributed by atoms with Crippen molar-refractivity contribution in [2.24, 2.45) is 7.05 Å². The van der Waals surface area contributed by atoms with Crippen molar-refractivity contribution in [3.05, 3.63) is 11.9 Å². The van der Waals surface area contributed by atoms with Crippen LogP contribution in [0.2, 0.25) is 0 Å². The number of rotatable bonds is 1.